The van der Waals surface area contributed by atoms with Crippen LogP contribution in [0.15, 0.2) is 0 Å². The largest absolute Gasteiger partial charge is 0.457 e. The van der Waals surface area contributed by atoms with Crippen LogP contribution in [0.4, 0.5) is 0 Å². The molecule has 1 heterocycles. The smallest absolute Gasteiger partial charge is 0.397 e. The van der Waals surface area contributed by atoms with Crippen LogP contribution in [0.3, 0.4) is 0 Å². The molecule has 0 bridgehead atoms. The van der Waals surface area contributed by atoms with Crippen molar-refractivity contribution in [2.75, 3.05) is 26.4 Å². The van der Waals surface area contributed by atoms with Crippen molar-refractivity contribution in [2.24, 2.45) is 0 Å². The molecule has 12 nitrogen and oxygen atoms in total. The zero-order valence-corrected chi connectivity index (χ0v) is 41.9. The second kappa shape index (κ2) is 43.4. The van der Waals surface area contributed by atoms with Crippen LogP contribution in [-0.2, 0) is 38.3 Å². The minimum Gasteiger partial charge on any atom is -0.457 e. The number of aliphatic hydroxyl groups is 3. The van der Waals surface area contributed by atoms with Crippen molar-refractivity contribution in [1.29, 1.82) is 0 Å². The summed E-state index contributed by atoms with van der Waals surface area (Å²) < 4.78 is 59.3. The maximum absolute atomic E-state index is 12.9. The Hall–Kier alpha value is -0.900. The lowest BCUT2D eigenvalue weighted by Gasteiger charge is -2.41. The Morgan fingerprint density at radius 1 is 0.531 bits per heavy atom. The number of rotatable bonds is 48. The van der Waals surface area contributed by atoms with Crippen molar-refractivity contribution in [2.45, 2.75) is 295 Å². The quantitative estimate of drug-likeness (QED) is 0.0258. The van der Waals surface area contributed by atoms with Crippen LogP contribution in [-0.4, -0.2) is 97.5 Å². The molecule has 0 aromatic carbocycles. The van der Waals surface area contributed by atoms with Gasteiger partial charge in [-0.15, -0.1) is 0 Å². The fourth-order valence-electron chi connectivity index (χ4n) is 8.68. The van der Waals surface area contributed by atoms with Gasteiger partial charge in [0.1, 0.15) is 30.5 Å². The summed E-state index contributed by atoms with van der Waals surface area (Å²) in [6.07, 6.45) is 38.5. The summed E-state index contributed by atoms with van der Waals surface area (Å²) in [5, 5.41) is 30.7. The number of esters is 1. The molecule has 4 N–H and O–H groups in total. The normalized spacial score (nSPS) is 19.6. The lowest BCUT2D eigenvalue weighted by atomic mass is 9.99. The predicted octanol–water partition coefficient (Wildman–Crippen LogP) is 12.4. The molecule has 13 heteroatoms. The van der Waals surface area contributed by atoms with Gasteiger partial charge in [0.2, 0.25) is 0 Å². The zero-order valence-electron chi connectivity index (χ0n) is 41.1. The Balaban J connectivity index is 2.29. The van der Waals surface area contributed by atoms with Crippen LogP contribution in [0, 0.1) is 0 Å². The van der Waals surface area contributed by atoms with E-state index in [9.17, 15) is 33.1 Å². The molecule has 6 unspecified atom stereocenters. The van der Waals surface area contributed by atoms with Gasteiger partial charge in [-0.2, -0.15) is 8.42 Å². The van der Waals surface area contributed by atoms with Crippen LogP contribution < -0.4 is 0 Å². The molecule has 0 aliphatic carbocycles. The standard InChI is InChI=1S/C51H100O12S/c1-3-5-7-9-11-13-15-17-19-20-21-22-23-24-25-26-27-28-30-32-34-36-38-40-47(53)61-45(43-59-41-39-37-35-33-31-29-18-16-14-12-10-8-6-4-2)44-60-51-49(55)50(63-64(56,57)58)48(54)46(42-52)62-51/h45-46,48-52,54-55H,3-44H2,1-2H3,(H,56,57,58). The van der Waals surface area contributed by atoms with E-state index in [1.54, 1.807) is 0 Å². The summed E-state index contributed by atoms with van der Waals surface area (Å²) >= 11 is 0. The third-order valence-corrected chi connectivity index (χ3v) is 13.2. The lowest BCUT2D eigenvalue weighted by molar-refractivity contribution is -0.301. The number of unbranched alkanes of at least 4 members (excludes halogenated alkanes) is 35. The Labute approximate surface area is 392 Å². The van der Waals surface area contributed by atoms with Gasteiger partial charge in [-0.1, -0.05) is 239 Å². The van der Waals surface area contributed by atoms with Crippen LogP contribution in [0.2, 0.25) is 0 Å². The van der Waals surface area contributed by atoms with E-state index in [0.717, 1.165) is 38.5 Å². The van der Waals surface area contributed by atoms with E-state index in [1.807, 2.05) is 0 Å². The number of ether oxygens (including phenoxy) is 4. The van der Waals surface area contributed by atoms with Gasteiger partial charge in [0.15, 0.2) is 6.29 Å². The predicted molar refractivity (Wildman–Crippen MR) is 258 cm³/mol. The Bertz CT molecular complexity index is 1130. The summed E-state index contributed by atoms with van der Waals surface area (Å²) in [5.41, 5.74) is 0. The summed E-state index contributed by atoms with van der Waals surface area (Å²) in [6, 6.07) is 0. The van der Waals surface area contributed by atoms with E-state index in [2.05, 4.69) is 18.0 Å². The number of hydrogen-bond donors (Lipinski definition) is 4. The highest BCUT2D eigenvalue weighted by molar-refractivity contribution is 7.80. The molecule has 1 saturated heterocycles. The number of carbonyl (C=O) groups excluding carboxylic acids is 1. The van der Waals surface area contributed by atoms with Gasteiger partial charge in [-0.25, -0.2) is 4.18 Å². The van der Waals surface area contributed by atoms with Gasteiger partial charge in [0.25, 0.3) is 0 Å². The van der Waals surface area contributed by atoms with E-state index in [0.29, 0.717) is 13.0 Å². The van der Waals surface area contributed by atoms with Gasteiger partial charge < -0.3 is 34.3 Å². The molecule has 6 atom stereocenters. The monoisotopic (exact) mass is 937 g/mol. The van der Waals surface area contributed by atoms with E-state index in [4.69, 9.17) is 18.9 Å². The fraction of sp³-hybridized carbons (Fsp3) is 0.980. The molecule has 0 saturated carbocycles. The highest BCUT2D eigenvalue weighted by Crippen LogP contribution is 2.26. The lowest BCUT2D eigenvalue weighted by Crippen LogP contribution is -2.60. The van der Waals surface area contributed by atoms with E-state index in [1.165, 1.54) is 193 Å². The molecule has 1 fully saturated rings. The van der Waals surface area contributed by atoms with Crippen LogP contribution >= 0.6 is 0 Å². The molecule has 0 amide bonds. The van der Waals surface area contributed by atoms with Crippen molar-refractivity contribution in [1.82, 2.24) is 0 Å². The van der Waals surface area contributed by atoms with Crippen molar-refractivity contribution in [3.05, 3.63) is 0 Å². The SMILES string of the molecule is CCCCCCCCCCCCCCCCCCCCCCCCCC(=O)OC(COCCCCCCCCCCCCCCCC)COC1OC(CO)C(O)C(OS(=O)(=O)O)C1O. The van der Waals surface area contributed by atoms with Gasteiger partial charge >= 0.3 is 16.4 Å². The Kier molecular flexibility index (Phi) is 41.4. The maximum atomic E-state index is 12.9. The first-order valence-electron chi connectivity index (χ1n) is 26.8. The van der Waals surface area contributed by atoms with Gasteiger partial charge in [-0.05, 0) is 12.8 Å². The van der Waals surface area contributed by atoms with E-state index >= 15 is 0 Å². The van der Waals surface area contributed by atoms with Crippen LogP contribution in [0.1, 0.15) is 258 Å². The highest BCUT2D eigenvalue weighted by atomic mass is 32.3. The van der Waals surface area contributed by atoms with E-state index < -0.39 is 59.8 Å². The summed E-state index contributed by atoms with van der Waals surface area (Å²) in [7, 11) is -5.06. The third kappa shape index (κ3) is 36.2. The molecule has 1 aliphatic heterocycles. The molecule has 0 aromatic rings. The summed E-state index contributed by atoms with van der Waals surface area (Å²) in [5.74, 6) is -0.390. The molecule has 0 radical (unpaired) electrons. The first-order valence-corrected chi connectivity index (χ1v) is 28.2. The fourth-order valence-corrected chi connectivity index (χ4v) is 9.18. The number of hydrogen-bond acceptors (Lipinski definition) is 11. The highest BCUT2D eigenvalue weighted by Gasteiger charge is 2.48. The molecule has 0 spiro atoms. The van der Waals surface area contributed by atoms with Crippen molar-refractivity contribution in [3.63, 3.8) is 0 Å². The molecule has 382 valence electrons. The average Bonchev–Trinajstić information content (AvgIpc) is 3.27. The average molecular weight is 937 g/mol. The number of aliphatic hydroxyl groups excluding tert-OH is 3. The molecule has 0 aromatic heterocycles. The maximum Gasteiger partial charge on any atom is 0.397 e. The van der Waals surface area contributed by atoms with Crippen LogP contribution in [0.5, 0.6) is 0 Å². The number of carbonyl (C=O) groups is 1. The molecule has 1 rings (SSSR count). The minimum atomic E-state index is -5.06. The Morgan fingerprint density at radius 3 is 1.25 bits per heavy atom. The topological polar surface area (TPSA) is 178 Å². The minimum absolute atomic E-state index is 0.0450. The molecular weight excluding hydrogens is 837 g/mol. The first kappa shape index (κ1) is 61.1. The van der Waals surface area contributed by atoms with Crippen molar-refractivity contribution in [3.8, 4) is 0 Å². The third-order valence-electron chi connectivity index (χ3n) is 12.7. The molecule has 1 aliphatic rings. The Morgan fingerprint density at radius 2 is 0.891 bits per heavy atom. The second-order valence-corrected chi connectivity index (χ2v) is 19.9. The summed E-state index contributed by atoms with van der Waals surface area (Å²) in [6.45, 7) is 4.06. The zero-order chi connectivity index (χ0) is 46.8. The molecular formula is C51H100O12S. The van der Waals surface area contributed by atoms with Crippen LogP contribution in [0.25, 0.3) is 0 Å². The van der Waals surface area contributed by atoms with Gasteiger partial charge in [-0.3, -0.25) is 9.35 Å². The van der Waals surface area contributed by atoms with Crippen molar-refractivity contribution >= 4 is 16.4 Å². The summed E-state index contributed by atoms with van der Waals surface area (Å²) in [4.78, 5) is 12.9. The van der Waals surface area contributed by atoms with Crippen molar-refractivity contribution < 1.29 is 56.2 Å². The van der Waals surface area contributed by atoms with Gasteiger partial charge in [0.05, 0.1) is 19.8 Å². The van der Waals surface area contributed by atoms with E-state index in [-0.39, 0.29) is 19.6 Å². The second-order valence-electron chi connectivity index (χ2n) is 18.8. The first-order chi connectivity index (χ1) is 31.1. The van der Waals surface area contributed by atoms with Gasteiger partial charge in [0, 0.05) is 13.0 Å². The molecule has 64 heavy (non-hydrogen) atoms.